The Morgan fingerprint density at radius 1 is 1.00 bits per heavy atom. The summed E-state index contributed by atoms with van der Waals surface area (Å²) in [5, 5.41) is 4.65. The number of hydrogen-bond donors (Lipinski definition) is 2. The van der Waals surface area contributed by atoms with Gasteiger partial charge in [-0.05, 0) is 57.6 Å². The van der Waals surface area contributed by atoms with Crippen molar-refractivity contribution in [1.82, 2.24) is 24.5 Å². The molecule has 2 saturated carbocycles. The third-order valence-corrected chi connectivity index (χ3v) is 7.52. The number of pyridine rings is 1. The average molecular weight is 502 g/mol. The molecule has 36 heavy (non-hydrogen) atoms. The largest absolute Gasteiger partial charge is 0.351 e. The quantitative estimate of drug-likeness (QED) is 0.400. The summed E-state index contributed by atoms with van der Waals surface area (Å²) < 4.78 is 1.85. The molecule has 0 amide bonds. The second kappa shape index (κ2) is 9.26. The van der Waals surface area contributed by atoms with E-state index in [1.165, 1.54) is 0 Å². The van der Waals surface area contributed by atoms with E-state index in [0.717, 1.165) is 60.9 Å². The van der Waals surface area contributed by atoms with Gasteiger partial charge in [0.15, 0.2) is 0 Å². The molecule has 2 aliphatic rings. The molecule has 0 radical (unpaired) electrons. The van der Waals surface area contributed by atoms with Crippen molar-refractivity contribution in [1.29, 1.82) is 0 Å². The second-order valence-electron chi connectivity index (χ2n) is 9.88. The van der Waals surface area contributed by atoms with Crippen molar-refractivity contribution >= 4 is 28.6 Å². The van der Waals surface area contributed by atoms with Crippen LogP contribution in [0.4, 0.5) is 5.95 Å². The van der Waals surface area contributed by atoms with Crippen LogP contribution in [0.3, 0.4) is 0 Å². The van der Waals surface area contributed by atoms with Gasteiger partial charge in [-0.1, -0.05) is 23.7 Å². The third-order valence-electron chi connectivity index (χ3n) is 7.20. The average Bonchev–Trinajstić information content (AvgIpc) is 3.69. The van der Waals surface area contributed by atoms with Crippen LogP contribution in [0.15, 0.2) is 47.7 Å². The van der Waals surface area contributed by atoms with E-state index in [1.807, 2.05) is 35.8 Å². The zero-order chi connectivity index (χ0) is 24.8. The number of hydrogen-bond acceptors (Lipinski definition) is 7. The molecule has 3 aromatic heterocycles. The summed E-state index contributed by atoms with van der Waals surface area (Å²) in [5.74, 6) is 0.570. The Hall–Kier alpha value is -3.36. The maximum absolute atomic E-state index is 14.0. The molecule has 0 unspecified atom stereocenters. The van der Waals surface area contributed by atoms with Crippen LogP contribution >= 0.6 is 11.6 Å². The molecule has 2 fully saturated rings. The van der Waals surface area contributed by atoms with E-state index in [9.17, 15) is 4.79 Å². The SMILES string of the molecule is Cc1nccnc1-c1ccc(-c2cc3cnc(NC4CC4)nc3n([C@H]3CC[C@H](N)CC3)c2=O)c(Cl)c1. The maximum atomic E-state index is 14.0. The fourth-order valence-electron chi connectivity index (χ4n) is 5.06. The Morgan fingerprint density at radius 3 is 2.50 bits per heavy atom. The molecule has 0 atom stereocenters. The van der Waals surface area contributed by atoms with Gasteiger partial charge in [0.25, 0.3) is 5.56 Å². The number of anilines is 1. The summed E-state index contributed by atoms with van der Waals surface area (Å²) in [6, 6.07) is 8.16. The molecule has 0 saturated heterocycles. The van der Waals surface area contributed by atoms with Crippen molar-refractivity contribution < 1.29 is 0 Å². The fourth-order valence-corrected chi connectivity index (χ4v) is 5.35. The van der Waals surface area contributed by atoms with E-state index in [1.54, 1.807) is 18.6 Å². The molecule has 6 rings (SSSR count). The molecule has 1 aromatic carbocycles. The van der Waals surface area contributed by atoms with E-state index in [4.69, 9.17) is 22.3 Å². The number of aromatic nitrogens is 5. The molecule has 184 valence electrons. The first-order valence-electron chi connectivity index (χ1n) is 12.5. The van der Waals surface area contributed by atoms with E-state index >= 15 is 0 Å². The van der Waals surface area contributed by atoms with Crippen molar-refractivity contribution in [3.8, 4) is 22.4 Å². The number of rotatable bonds is 5. The molecule has 2 aliphatic carbocycles. The molecule has 3 N–H and O–H groups in total. The zero-order valence-corrected chi connectivity index (χ0v) is 20.9. The van der Waals surface area contributed by atoms with E-state index in [-0.39, 0.29) is 17.6 Å². The predicted octanol–water partition coefficient (Wildman–Crippen LogP) is 4.89. The molecule has 3 heterocycles. The monoisotopic (exact) mass is 501 g/mol. The number of benzene rings is 1. The Kier molecular flexibility index (Phi) is 5.93. The normalized spacial score (nSPS) is 20.0. The molecule has 4 aromatic rings. The van der Waals surface area contributed by atoms with Crippen LogP contribution in [0.5, 0.6) is 0 Å². The first kappa shape index (κ1) is 23.1. The minimum absolute atomic E-state index is 0.0312. The predicted molar refractivity (Wildman–Crippen MR) is 142 cm³/mol. The van der Waals surface area contributed by atoms with Crippen LogP contribution in [0.25, 0.3) is 33.4 Å². The third kappa shape index (κ3) is 4.35. The van der Waals surface area contributed by atoms with E-state index < -0.39 is 0 Å². The molecule has 0 aliphatic heterocycles. The highest BCUT2D eigenvalue weighted by atomic mass is 35.5. The van der Waals surface area contributed by atoms with E-state index in [0.29, 0.717) is 33.8 Å². The van der Waals surface area contributed by atoms with Gasteiger partial charge in [-0.3, -0.25) is 19.3 Å². The summed E-state index contributed by atoms with van der Waals surface area (Å²) in [6.45, 7) is 1.91. The highest BCUT2D eigenvalue weighted by Crippen LogP contribution is 2.34. The van der Waals surface area contributed by atoms with Gasteiger partial charge in [0.1, 0.15) is 5.65 Å². The lowest BCUT2D eigenvalue weighted by Gasteiger charge is -2.29. The minimum atomic E-state index is -0.0932. The van der Waals surface area contributed by atoms with Crippen molar-refractivity contribution in [2.45, 2.75) is 63.6 Å². The number of nitrogens with two attached hydrogens (primary N) is 1. The topological polar surface area (TPSA) is 112 Å². The standard InChI is InChI=1S/C27H28ClN7O/c1-15-24(31-11-10-30-15)16-2-9-21(23(28)13-16)22-12-17-14-32-27(33-19-5-6-19)34-25(17)35(26(22)36)20-7-3-18(29)4-8-20/h2,9-14,18-20H,3-8,29H2,1H3,(H,32,33,34)/t18-,20-. The number of nitrogens with zero attached hydrogens (tertiary/aromatic N) is 5. The Morgan fingerprint density at radius 2 is 1.78 bits per heavy atom. The number of nitrogens with one attached hydrogen (secondary N) is 1. The highest BCUT2D eigenvalue weighted by Gasteiger charge is 2.26. The lowest BCUT2D eigenvalue weighted by Crippen LogP contribution is -2.33. The summed E-state index contributed by atoms with van der Waals surface area (Å²) >= 11 is 6.78. The van der Waals surface area contributed by atoms with Gasteiger partial charge in [0, 0.05) is 63.8 Å². The van der Waals surface area contributed by atoms with Crippen molar-refractivity contribution in [2.24, 2.45) is 5.73 Å². The van der Waals surface area contributed by atoms with Gasteiger partial charge >= 0.3 is 0 Å². The first-order chi connectivity index (χ1) is 17.5. The number of halogens is 1. The van der Waals surface area contributed by atoms with Crippen LogP contribution in [0.1, 0.15) is 50.3 Å². The molecule has 8 nitrogen and oxygen atoms in total. The molecular weight excluding hydrogens is 474 g/mol. The van der Waals surface area contributed by atoms with Crippen LogP contribution in [-0.2, 0) is 0 Å². The lowest BCUT2D eigenvalue weighted by molar-refractivity contribution is 0.324. The van der Waals surface area contributed by atoms with Crippen LogP contribution in [-0.4, -0.2) is 36.6 Å². The van der Waals surface area contributed by atoms with Gasteiger partial charge in [0.05, 0.1) is 11.4 Å². The maximum Gasteiger partial charge on any atom is 0.260 e. The molecular formula is C27H28ClN7O. The summed E-state index contributed by atoms with van der Waals surface area (Å²) in [5.41, 5.74) is 10.4. The Labute approximate surface area is 214 Å². The summed E-state index contributed by atoms with van der Waals surface area (Å²) in [7, 11) is 0. The summed E-state index contributed by atoms with van der Waals surface area (Å²) in [6.07, 6.45) is 10.8. The summed E-state index contributed by atoms with van der Waals surface area (Å²) in [4.78, 5) is 32.1. The van der Waals surface area contributed by atoms with Crippen molar-refractivity contribution in [3.05, 3.63) is 63.9 Å². The Bertz CT molecular complexity index is 1510. The van der Waals surface area contributed by atoms with Gasteiger partial charge in [-0.25, -0.2) is 4.98 Å². The van der Waals surface area contributed by atoms with Gasteiger partial charge in [-0.15, -0.1) is 0 Å². The van der Waals surface area contributed by atoms with Gasteiger partial charge in [-0.2, -0.15) is 4.98 Å². The molecule has 9 heteroatoms. The second-order valence-corrected chi connectivity index (χ2v) is 10.3. The minimum Gasteiger partial charge on any atom is -0.351 e. The first-order valence-corrected chi connectivity index (χ1v) is 12.9. The zero-order valence-electron chi connectivity index (χ0n) is 20.1. The van der Waals surface area contributed by atoms with Crippen molar-refractivity contribution in [3.63, 3.8) is 0 Å². The Balaban J connectivity index is 1.49. The van der Waals surface area contributed by atoms with Crippen LogP contribution in [0.2, 0.25) is 5.02 Å². The van der Waals surface area contributed by atoms with Crippen LogP contribution in [0, 0.1) is 6.92 Å². The number of aryl methyl sites for hydroxylation is 1. The van der Waals surface area contributed by atoms with Crippen LogP contribution < -0.4 is 16.6 Å². The van der Waals surface area contributed by atoms with Gasteiger partial charge < -0.3 is 11.1 Å². The molecule has 0 spiro atoms. The van der Waals surface area contributed by atoms with Crippen molar-refractivity contribution in [2.75, 3.05) is 5.32 Å². The molecule has 0 bridgehead atoms. The highest BCUT2D eigenvalue weighted by molar-refractivity contribution is 6.33. The smallest absolute Gasteiger partial charge is 0.260 e. The van der Waals surface area contributed by atoms with E-state index in [2.05, 4.69) is 20.3 Å². The van der Waals surface area contributed by atoms with Gasteiger partial charge in [0.2, 0.25) is 5.95 Å². The lowest BCUT2D eigenvalue weighted by atomic mass is 9.91. The fraction of sp³-hybridized carbons (Fsp3) is 0.370. The number of fused-ring (bicyclic) bond motifs is 1.